The van der Waals surface area contributed by atoms with E-state index in [9.17, 15) is 4.79 Å². The van der Waals surface area contributed by atoms with Gasteiger partial charge in [-0.3, -0.25) is 9.69 Å². The standard InChI is InChI=1S/C18H27N5O/c1-4-10-22-11-9-18(8-7-17(22)24)14-23(13-12-21(18)3)16-6-5-15(2)19-20-16/h4-6H,1,7-14H2,2-3H3/t18-/m1/s1. The van der Waals surface area contributed by atoms with E-state index >= 15 is 0 Å². The van der Waals surface area contributed by atoms with Gasteiger partial charge in [0.1, 0.15) is 0 Å². The van der Waals surface area contributed by atoms with Crippen LogP contribution in [0.25, 0.3) is 0 Å². The van der Waals surface area contributed by atoms with E-state index in [-0.39, 0.29) is 11.4 Å². The van der Waals surface area contributed by atoms with E-state index in [2.05, 4.69) is 33.6 Å². The quantitative estimate of drug-likeness (QED) is 0.786. The lowest BCUT2D eigenvalue weighted by molar-refractivity contribution is -0.130. The van der Waals surface area contributed by atoms with Gasteiger partial charge in [0.2, 0.25) is 5.91 Å². The zero-order valence-electron chi connectivity index (χ0n) is 14.7. The number of hydrogen-bond donors (Lipinski definition) is 0. The predicted octanol–water partition coefficient (Wildman–Crippen LogP) is 1.47. The minimum atomic E-state index is 0.0242. The van der Waals surface area contributed by atoms with Gasteiger partial charge in [-0.15, -0.1) is 11.7 Å². The van der Waals surface area contributed by atoms with Crippen LogP contribution in [0.15, 0.2) is 24.8 Å². The number of anilines is 1. The first kappa shape index (κ1) is 16.9. The minimum Gasteiger partial charge on any atom is -0.352 e. The molecule has 130 valence electrons. The largest absolute Gasteiger partial charge is 0.352 e. The van der Waals surface area contributed by atoms with Crippen molar-refractivity contribution >= 4 is 11.7 Å². The SMILES string of the molecule is C=CCN1CC[C@]2(CCC1=O)CN(c1ccc(C)nn1)CCN2C. The molecule has 2 fully saturated rings. The fourth-order valence-electron chi connectivity index (χ4n) is 3.80. The number of aryl methyl sites for hydroxylation is 1. The van der Waals surface area contributed by atoms with Crippen molar-refractivity contribution in [1.29, 1.82) is 0 Å². The molecule has 1 aromatic rings. The molecule has 0 aliphatic carbocycles. The summed E-state index contributed by atoms with van der Waals surface area (Å²) in [5, 5.41) is 8.55. The fourth-order valence-corrected chi connectivity index (χ4v) is 3.80. The maximum atomic E-state index is 12.3. The van der Waals surface area contributed by atoms with E-state index in [0.717, 1.165) is 50.5 Å². The summed E-state index contributed by atoms with van der Waals surface area (Å²) in [5.41, 5.74) is 0.957. The Morgan fingerprint density at radius 3 is 2.79 bits per heavy atom. The maximum Gasteiger partial charge on any atom is 0.222 e. The van der Waals surface area contributed by atoms with E-state index in [4.69, 9.17) is 0 Å². The maximum absolute atomic E-state index is 12.3. The molecule has 1 aromatic heterocycles. The molecule has 1 spiro atoms. The van der Waals surface area contributed by atoms with E-state index in [1.54, 1.807) is 0 Å². The second-order valence-corrected chi connectivity index (χ2v) is 6.98. The van der Waals surface area contributed by atoms with Crippen LogP contribution in [0.2, 0.25) is 0 Å². The molecule has 0 radical (unpaired) electrons. The van der Waals surface area contributed by atoms with Crippen LogP contribution in [0, 0.1) is 6.92 Å². The Kier molecular flexibility index (Phi) is 4.85. The fraction of sp³-hybridized carbons (Fsp3) is 0.611. The molecule has 0 unspecified atom stereocenters. The molecule has 1 amide bonds. The Bertz CT molecular complexity index is 602. The average Bonchev–Trinajstić information content (AvgIpc) is 2.73. The average molecular weight is 329 g/mol. The first-order valence-corrected chi connectivity index (χ1v) is 8.69. The van der Waals surface area contributed by atoms with Gasteiger partial charge < -0.3 is 9.80 Å². The van der Waals surface area contributed by atoms with Crippen molar-refractivity contribution in [2.45, 2.75) is 31.7 Å². The summed E-state index contributed by atoms with van der Waals surface area (Å²) >= 11 is 0. The molecule has 1 atom stereocenters. The van der Waals surface area contributed by atoms with Crippen LogP contribution in [0.5, 0.6) is 0 Å². The Hall–Kier alpha value is -1.95. The molecule has 0 N–H and O–H groups in total. The highest BCUT2D eigenvalue weighted by Crippen LogP contribution is 2.33. The summed E-state index contributed by atoms with van der Waals surface area (Å²) < 4.78 is 0. The number of carbonyl (C=O) groups is 1. The summed E-state index contributed by atoms with van der Waals surface area (Å²) in [6.07, 6.45) is 4.30. The molecule has 0 saturated carbocycles. The normalized spacial score (nSPS) is 25.8. The lowest BCUT2D eigenvalue weighted by Gasteiger charge is -2.49. The lowest BCUT2D eigenvalue weighted by atomic mass is 9.86. The summed E-state index contributed by atoms with van der Waals surface area (Å²) in [7, 11) is 2.19. The van der Waals surface area contributed by atoms with Gasteiger partial charge in [0, 0.05) is 44.7 Å². The number of nitrogens with zero attached hydrogens (tertiary/aromatic N) is 5. The molecule has 6 heteroatoms. The second kappa shape index (κ2) is 6.89. The van der Waals surface area contributed by atoms with Crippen molar-refractivity contribution in [2.75, 3.05) is 44.7 Å². The van der Waals surface area contributed by atoms with Gasteiger partial charge >= 0.3 is 0 Å². The smallest absolute Gasteiger partial charge is 0.222 e. The Balaban J connectivity index is 1.78. The molecular formula is C18H27N5O. The van der Waals surface area contributed by atoms with Gasteiger partial charge in [-0.25, -0.2) is 0 Å². The zero-order valence-corrected chi connectivity index (χ0v) is 14.7. The number of piperazine rings is 1. The predicted molar refractivity (Wildman–Crippen MR) is 95.0 cm³/mol. The van der Waals surface area contributed by atoms with Gasteiger partial charge in [0.25, 0.3) is 0 Å². The monoisotopic (exact) mass is 329 g/mol. The van der Waals surface area contributed by atoms with Crippen LogP contribution in [0.1, 0.15) is 25.0 Å². The van der Waals surface area contributed by atoms with Crippen LogP contribution < -0.4 is 4.90 Å². The molecule has 6 nitrogen and oxygen atoms in total. The zero-order chi connectivity index (χ0) is 17.2. The number of rotatable bonds is 3. The molecule has 3 heterocycles. The van der Waals surface area contributed by atoms with Crippen LogP contribution >= 0.6 is 0 Å². The van der Waals surface area contributed by atoms with Crippen molar-refractivity contribution in [3.8, 4) is 0 Å². The molecular weight excluding hydrogens is 302 g/mol. The molecule has 0 aromatic carbocycles. The van der Waals surface area contributed by atoms with Gasteiger partial charge in [-0.05, 0) is 38.9 Å². The Morgan fingerprint density at radius 1 is 1.25 bits per heavy atom. The van der Waals surface area contributed by atoms with Gasteiger partial charge in [0.15, 0.2) is 5.82 Å². The molecule has 2 saturated heterocycles. The number of likely N-dealkylation sites (N-methyl/N-ethyl adjacent to an activating group) is 1. The highest BCUT2D eigenvalue weighted by molar-refractivity contribution is 5.76. The summed E-state index contributed by atoms with van der Waals surface area (Å²) in [6.45, 7) is 9.98. The van der Waals surface area contributed by atoms with Crippen LogP contribution in [0.4, 0.5) is 5.82 Å². The number of hydrogen-bond acceptors (Lipinski definition) is 5. The Morgan fingerprint density at radius 2 is 2.08 bits per heavy atom. The van der Waals surface area contributed by atoms with Gasteiger partial charge in [-0.2, -0.15) is 5.10 Å². The number of carbonyl (C=O) groups excluding carboxylic acids is 1. The van der Waals surface area contributed by atoms with Gasteiger partial charge in [-0.1, -0.05) is 6.08 Å². The van der Waals surface area contributed by atoms with Crippen LogP contribution in [-0.2, 0) is 4.79 Å². The van der Waals surface area contributed by atoms with E-state index in [1.807, 2.05) is 30.0 Å². The third kappa shape index (κ3) is 3.29. The van der Waals surface area contributed by atoms with Crippen molar-refractivity contribution in [3.05, 3.63) is 30.5 Å². The van der Waals surface area contributed by atoms with E-state index < -0.39 is 0 Å². The first-order valence-electron chi connectivity index (χ1n) is 8.69. The number of amides is 1. The topological polar surface area (TPSA) is 52.6 Å². The minimum absolute atomic E-state index is 0.0242. The van der Waals surface area contributed by atoms with Crippen molar-refractivity contribution in [2.24, 2.45) is 0 Å². The summed E-state index contributed by atoms with van der Waals surface area (Å²) in [6, 6.07) is 4.06. The highest BCUT2D eigenvalue weighted by Gasteiger charge is 2.42. The lowest BCUT2D eigenvalue weighted by Crippen LogP contribution is -2.61. The van der Waals surface area contributed by atoms with E-state index in [1.165, 1.54) is 0 Å². The van der Waals surface area contributed by atoms with E-state index in [0.29, 0.717) is 13.0 Å². The summed E-state index contributed by atoms with van der Waals surface area (Å²) in [5.74, 6) is 1.18. The molecule has 2 aliphatic rings. The molecule has 0 bridgehead atoms. The molecule has 2 aliphatic heterocycles. The van der Waals surface area contributed by atoms with Crippen LogP contribution in [0.3, 0.4) is 0 Å². The third-order valence-corrected chi connectivity index (χ3v) is 5.46. The van der Waals surface area contributed by atoms with Crippen molar-refractivity contribution in [3.63, 3.8) is 0 Å². The highest BCUT2D eigenvalue weighted by atomic mass is 16.2. The van der Waals surface area contributed by atoms with Gasteiger partial charge in [0.05, 0.1) is 5.69 Å². The number of aromatic nitrogens is 2. The second-order valence-electron chi connectivity index (χ2n) is 6.98. The Labute approximate surface area is 144 Å². The summed E-state index contributed by atoms with van der Waals surface area (Å²) in [4.78, 5) is 19.0. The first-order chi connectivity index (χ1) is 11.5. The molecule has 3 rings (SSSR count). The molecule has 24 heavy (non-hydrogen) atoms. The van der Waals surface area contributed by atoms with Crippen LogP contribution in [-0.4, -0.2) is 71.2 Å². The van der Waals surface area contributed by atoms with Crippen molar-refractivity contribution < 1.29 is 4.79 Å². The number of likely N-dealkylation sites (tertiary alicyclic amines) is 1. The van der Waals surface area contributed by atoms with Crippen molar-refractivity contribution in [1.82, 2.24) is 20.0 Å². The third-order valence-electron chi connectivity index (χ3n) is 5.46.